The highest BCUT2D eigenvalue weighted by Crippen LogP contribution is 2.44. The van der Waals surface area contributed by atoms with Gasteiger partial charge in [-0.05, 0) is 32.6 Å². The van der Waals surface area contributed by atoms with Crippen LogP contribution in [-0.2, 0) is 10.9 Å². The van der Waals surface area contributed by atoms with E-state index in [1.165, 1.54) is 10.9 Å². The second kappa shape index (κ2) is 7.84. The fourth-order valence-corrected chi connectivity index (χ4v) is 5.68. The third kappa shape index (κ3) is 3.42. The van der Waals surface area contributed by atoms with E-state index in [4.69, 9.17) is 9.72 Å². The largest absolute Gasteiger partial charge is 0.435 e. The van der Waals surface area contributed by atoms with E-state index in [1.807, 2.05) is 11.8 Å². The smallest absolute Gasteiger partial charge is 0.393 e. The molecule has 0 aromatic carbocycles. The van der Waals surface area contributed by atoms with Crippen molar-refractivity contribution in [2.45, 2.75) is 63.0 Å². The molecular formula is C22H26F3N7O2. The average Bonchev–Trinajstić information content (AvgIpc) is 3.49. The van der Waals surface area contributed by atoms with Gasteiger partial charge in [-0.15, -0.1) is 0 Å². The lowest BCUT2D eigenvalue weighted by Gasteiger charge is -2.40. The summed E-state index contributed by atoms with van der Waals surface area (Å²) >= 11 is 0. The fraction of sp³-hybridized carbons (Fsp3) is 0.591. The number of nitrogens with zero attached hydrogens (tertiary/aromatic N) is 6. The number of aromatic nitrogens is 5. The molecule has 3 saturated heterocycles. The predicted octanol–water partition coefficient (Wildman–Crippen LogP) is 2.88. The number of hydrogen-bond donors (Lipinski definition) is 2. The van der Waals surface area contributed by atoms with Crippen molar-refractivity contribution >= 4 is 22.5 Å². The molecule has 0 spiro atoms. The Bertz CT molecular complexity index is 1180. The van der Waals surface area contributed by atoms with E-state index in [0.29, 0.717) is 49.9 Å². The van der Waals surface area contributed by atoms with Crippen LogP contribution >= 0.6 is 0 Å². The summed E-state index contributed by atoms with van der Waals surface area (Å²) in [5.41, 5.74) is -0.397. The lowest BCUT2D eigenvalue weighted by molar-refractivity contribution is -0.140. The van der Waals surface area contributed by atoms with E-state index >= 15 is 0 Å². The molecule has 182 valence electrons. The first kappa shape index (κ1) is 21.7. The lowest BCUT2D eigenvalue weighted by atomic mass is 9.99. The van der Waals surface area contributed by atoms with Crippen molar-refractivity contribution in [1.82, 2.24) is 25.0 Å². The Hall–Kier alpha value is -2.86. The number of rotatable bonds is 3. The van der Waals surface area contributed by atoms with E-state index in [2.05, 4.69) is 20.2 Å². The molecule has 3 aromatic rings. The minimum atomic E-state index is -4.67. The second-order valence-electron chi connectivity index (χ2n) is 9.45. The summed E-state index contributed by atoms with van der Waals surface area (Å²) in [7, 11) is 0. The number of pyridine rings is 1. The number of halogens is 3. The summed E-state index contributed by atoms with van der Waals surface area (Å²) < 4.78 is 49.7. The standard InChI is InChI=1S/C22H26F3N7O2/c1-12-8-15(33)5-7-30(12)16-9-18(31-13-2-3-14(31)11-34-10-13)27-21-19(16)20(22(23,24)25)29-32(21)17-4-6-26-28-17/h4,6,9,12-15,33H,2-3,5,7-8,10-11H2,1H3,(H,26,28)/t12-,13?,14?,15?/m1/s1. The summed E-state index contributed by atoms with van der Waals surface area (Å²) in [5, 5.41) is 20.7. The minimum Gasteiger partial charge on any atom is -0.393 e. The number of alkyl halides is 3. The summed E-state index contributed by atoms with van der Waals surface area (Å²) in [6.45, 7) is 3.53. The normalized spacial score (nSPS) is 27.7. The maximum absolute atomic E-state index is 14.3. The Kier molecular flexibility index (Phi) is 4.99. The van der Waals surface area contributed by atoms with Gasteiger partial charge in [0.15, 0.2) is 17.2 Å². The van der Waals surface area contributed by atoms with E-state index in [1.54, 1.807) is 12.1 Å². The minimum absolute atomic E-state index is 0.0327. The molecule has 0 radical (unpaired) electrons. The van der Waals surface area contributed by atoms with Gasteiger partial charge in [0, 0.05) is 24.7 Å². The van der Waals surface area contributed by atoms with Crippen molar-refractivity contribution in [1.29, 1.82) is 0 Å². The van der Waals surface area contributed by atoms with E-state index in [-0.39, 0.29) is 29.2 Å². The average molecular weight is 477 g/mol. The molecule has 3 aliphatic rings. The van der Waals surface area contributed by atoms with Gasteiger partial charge in [-0.1, -0.05) is 0 Å². The number of anilines is 2. The molecule has 4 atom stereocenters. The molecule has 6 heterocycles. The van der Waals surface area contributed by atoms with Crippen molar-refractivity contribution in [3.63, 3.8) is 0 Å². The highest BCUT2D eigenvalue weighted by atomic mass is 19.4. The highest BCUT2D eigenvalue weighted by molar-refractivity contribution is 5.95. The molecule has 34 heavy (non-hydrogen) atoms. The highest BCUT2D eigenvalue weighted by Gasteiger charge is 2.43. The van der Waals surface area contributed by atoms with Crippen LogP contribution in [0.25, 0.3) is 16.9 Å². The second-order valence-corrected chi connectivity index (χ2v) is 9.45. The van der Waals surface area contributed by atoms with Crippen LogP contribution in [0.15, 0.2) is 18.3 Å². The van der Waals surface area contributed by atoms with Crippen LogP contribution in [-0.4, -0.2) is 74.1 Å². The summed E-state index contributed by atoms with van der Waals surface area (Å²) in [4.78, 5) is 8.93. The molecule has 6 rings (SSSR count). The Morgan fingerprint density at radius 2 is 1.94 bits per heavy atom. The molecule has 3 aromatic heterocycles. The van der Waals surface area contributed by atoms with E-state index < -0.39 is 18.0 Å². The summed E-state index contributed by atoms with van der Waals surface area (Å²) in [6, 6.07) is 3.49. The van der Waals surface area contributed by atoms with Crippen LogP contribution in [0.1, 0.15) is 38.3 Å². The molecule has 2 N–H and O–H groups in total. The first-order valence-corrected chi connectivity index (χ1v) is 11.6. The number of piperidine rings is 1. The van der Waals surface area contributed by atoms with Gasteiger partial charge < -0.3 is 19.6 Å². The number of fused-ring (bicyclic) bond motifs is 3. The monoisotopic (exact) mass is 477 g/mol. The Morgan fingerprint density at radius 1 is 1.18 bits per heavy atom. The van der Waals surface area contributed by atoms with Crippen LogP contribution in [0.3, 0.4) is 0 Å². The van der Waals surface area contributed by atoms with Gasteiger partial charge in [0.05, 0.1) is 48.7 Å². The van der Waals surface area contributed by atoms with Crippen molar-refractivity contribution in [2.24, 2.45) is 0 Å². The summed E-state index contributed by atoms with van der Waals surface area (Å²) in [6.07, 6.45) is -0.776. The van der Waals surface area contributed by atoms with Crippen LogP contribution < -0.4 is 9.80 Å². The van der Waals surface area contributed by atoms with Gasteiger partial charge in [0.25, 0.3) is 0 Å². The molecule has 0 amide bonds. The lowest BCUT2D eigenvalue weighted by Crippen LogP contribution is -2.46. The van der Waals surface area contributed by atoms with Gasteiger partial charge in [0.2, 0.25) is 0 Å². The number of hydrogen-bond acceptors (Lipinski definition) is 7. The fourth-order valence-electron chi connectivity index (χ4n) is 5.68. The van der Waals surface area contributed by atoms with Crippen molar-refractivity contribution in [3.05, 3.63) is 24.0 Å². The Balaban J connectivity index is 1.61. The molecule has 3 unspecified atom stereocenters. The van der Waals surface area contributed by atoms with Crippen LogP contribution in [0.4, 0.5) is 24.7 Å². The van der Waals surface area contributed by atoms with Gasteiger partial charge >= 0.3 is 6.18 Å². The van der Waals surface area contributed by atoms with E-state index in [9.17, 15) is 18.3 Å². The zero-order valence-electron chi connectivity index (χ0n) is 18.7. The van der Waals surface area contributed by atoms with Crippen molar-refractivity contribution in [3.8, 4) is 5.82 Å². The molecule has 2 bridgehead atoms. The molecule has 12 heteroatoms. The zero-order chi connectivity index (χ0) is 23.6. The number of nitrogens with one attached hydrogen (secondary N) is 1. The van der Waals surface area contributed by atoms with Gasteiger partial charge in [-0.2, -0.15) is 28.1 Å². The topological polar surface area (TPSA) is 95.3 Å². The first-order valence-electron chi connectivity index (χ1n) is 11.6. The molecule has 3 aliphatic heterocycles. The molecule has 0 saturated carbocycles. The molecule has 3 fully saturated rings. The SMILES string of the molecule is C[C@@H]1CC(O)CCN1c1cc(N2C3CCC2COC3)nc2c1c(C(F)(F)F)nn2-c1ccn[nH]1. The molecular weight excluding hydrogens is 451 g/mol. The number of H-pyrrole nitrogens is 1. The zero-order valence-corrected chi connectivity index (χ0v) is 18.7. The van der Waals surface area contributed by atoms with Gasteiger partial charge in [0.1, 0.15) is 5.82 Å². The van der Waals surface area contributed by atoms with Crippen molar-refractivity contribution < 1.29 is 23.0 Å². The first-order chi connectivity index (χ1) is 16.3. The van der Waals surface area contributed by atoms with Crippen LogP contribution in [0.5, 0.6) is 0 Å². The Labute approximate surface area is 193 Å². The van der Waals surface area contributed by atoms with E-state index in [0.717, 1.165) is 12.8 Å². The maximum atomic E-state index is 14.3. The van der Waals surface area contributed by atoms with Crippen LogP contribution in [0, 0.1) is 0 Å². The number of ether oxygens (including phenoxy) is 1. The number of aliphatic hydroxyl groups excluding tert-OH is 1. The van der Waals surface area contributed by atoms with Gasteiger partial charge in [-0.3, -0.25) is 5.10 Å². The predicted molar refractivity (Wildman–Crippen MR) is 118 cm³/mol. The van der Waals surface area contributed by atoms with Gasteiger partial charge in [-0.25, -0.2) is 4.98 Å². The number of morpholine rings is 1. The maximum Gasteiger partial charge on any atom is 0.435 e. The molecule has 9 nitrogen and oxygen atoms in total. The molecule has 0 aliphatic carbocycles. The number of aromatic amines is 1. The van der Waals surface area contributed by atoms with Crippen LogP contribution in [0.2, 0.25) is 0 Å². The number of aliphatic hydroxyl groups is 1. The third-order valence-electron chi connectivity index (χ3n) is 7.25. The van der Waals surface area contributed by atoms with Crippen molar-refractivity contribution in [2.75, 3.05) is 29.6 Å². The quantitative estimate of drug-likeness (QED) is 0.599. The Morgan fingerprint density at radius 3 is 2.59 bits per heavy atom. The third-order valence-corrected chi connectivity index (χ3v) is 7.25. The summed E-state index contributed by atoms with van der Waals surface area (Å²) in [5.74, 6) is 0.939.